The molecule has 0 fully saturated rings. The Bertz CT molecular complexity index is 1070. The Hall–Kier alpha value is -3.94. The van der Waals surface area contributed by atoms with Crippen LogP contribution in [0.5, 0.6) is 0 Å². The lowest BCUT2D eigenvalue weighted by molar-refractivity contribution is -0.134. The monoisotopic (exact) mass is 480 g/mol. The van der Waals surface area contributed by atoms with Crippen LogP contribution in [0.2, 0.25) is 5.02 Å². The lowest BCUT2D eigenvalue weighted by Crippen LogP contribution is -2.37. The highest BCUT2D eigenvalue weighted by atomic mass is 35.5. The lowest BCUT2D eigenvalue weighted by atomic mass is 10.1. The van der Waals surface area contributed by atoms with Crippen molar-refractivity contribution < 1.29 is 24.6 Å². The zero-order valence-corrected chi connectivity index (χ0v) is 19.0. The summed E-state index contributed by atoms with van der Waals surface area (Å²) in [6, 6.07) is 26.8. The van der Waals surface area contributed by atoms with Gasteiger partial charge < -0.3 is 15.5 Å². The SMILES string of the molecule is O=C(NCc1ccccc1)C(NCc1ccc(Cl)cc1)c1ccccc1.O=C(O)C=CC(=O)O. The molecular weight excluding hydrogens is 456 g/mol. The highest BCUT2D eigenvalue weighted by Gasteiger charge is 2.19. The van der Waals surface area contributed by atoms with E-state index in [2.05, 4.69) is 10.6 Å². The molecule has 1 atom stereocenters. The second kappa shape index (κ2) is 14.3. The van der Waals surface area contributed by atoms with Crippen LogP contribution in [0.15, 0.2) is 97.1 Å². The van der Waals surface area contributed by atoms with Crippen LogP contribution < -0.4 is 10.6 Å². The minimum atomic E-state index is -1.26. The second-order valence-corrected chi connectivity index (χ2v) is 7.50. The van der Waals surface area contributed by atoms with Crippen molar-refractivity contribution in [3.8, 4) is 0 Å². The molecule has 34 heavy (non-hydrogen) atoms. The molecule has 0 spiro atoms. The van der Waals surface area contributed by atoms with Gasteiger partial charge in [0.15, 0.2) is 0 Å². The van der Waals surface area contributed by atoms with Gasteiger partial charge in [-0.2, -0.15) is 0 Å². The smallest absolute Gasteiger partial charge is 0.328 e. The maximum absolute atomic E-state index is 12.8. The fourth-order valence-electron chi connectivity index (χ4n) is 2.86. The fraction of sp³-hybridized carbons (Fsp3) is 0.115. The Morgan fingerprint density at radius 2 is 1.24 bits per heavy atom. The van der Waals surface area contributed by atoms with E-state index >= 15 is 0 Å². The van der Waals surface area contributed by atoms with Crippen LogP contribution in [0.3, 0.4) is 0 Å². The summed E-state index contributed by atoms with van der Waals surface area (Å²) in [4.78, 5) is 31.9. The summed E-state index contributed by atoms with van der Waals surface area (Å²) in [6.45, 7) is 1.08. The predicted octanol–water partition coefficient (Wildman–Crippen LogP) is 4.20. The number of aliphatic carboxylic acids is 2. The number of carboxylic acid groups (broad SMARTS) is 2. The number of hydrogen-bond donors (Lipinski definition) is 4. The molecule has 4 N–H and O–H groups in total. The molecule has 0 saturated heterocycles. The van der Waals surface area contributed by atoms with Crippen LogP contribution in [0.1, 0.15) is 22.7 Å². The Labute approximate surface area is 202 Å². The molecule has 8 heteroatoms. The van der Waals surface area contributed by atoms with Crippen molar-refractivity contribution in [3.05, 3.63) is 119 Å². The van der Waals surface area contributed by atoms with E-state index in [0.717, 1.165) is 16.7 Å². The minimum absolute atomic E-state index is 0.0472. The molecule has 176 valence electrons. The van der Waals surface area contributed by atoms with Gasteiger partial charge in [-0.1, -0.05) is 84.4 Å². The first-order chi connectivity index (χ1) is 16.3. The molecule has 1 amide bonds. The van der Waals surface area contributed by atoms with Gasteiger partial charge in [0.25, 0.3) is 0 Å². The number of rotatable bonds is 9. The van der Waals surface area contributed by atoms with E-state index in [4.69, 9.17) is 21.8 Å². The van der Waals surface area contributed by atoms with Crippen molar-refractivity contribution in [2.75, 3.05) is 0 Å². The molecule has 0 heterocycles. The van der Waals surface area contributed by atoms with Gasteiger partial charge in [0.2, 0.25) is 5.91 Å². The summed E-state index contributed by atoms with van der Waals surface area (Å²) in [5.41, 5.74) is 3.09. The van der Waals surface area contributed by atoms with Gasteiger partial charge in [-0.3, -0.25) is 10.1 Å². The predicted molar refractivity (Wildman–Crippen MR) is 130 cm³/mol. The highest BCUT2D eigenvalue weighted by molar-refractivity contribution is 6.30. The first-order valence-corrected chi connectivity index (χ1v) is 10.7. The van der Waals surface area contributed by atoms with E-state index < -0.39 is 18.0 Å². The maximum Gasteiger partial charge on any atom is 0.328 e. The van der Waals surface area contributed by atoms with E-state index in [9.17, 15) is 14.4 Å². The number of amides is 1. The number of carboxylic acids is 2. The molecule has 0 aliphatic carbocycles. The van der Waals surface area contributed by atoms with Crippen LogP contribution in [0.4, 0.5) is 0 Å². The Kier molecular flexibility index (Phi) is 11.0. The normalized spacial score (nSPS) is 11.2. The number of nitrogens with one attached hydrogen (secondary N) is 2. The van der Waals surface area contributed by atoms with Crippen LogP contribution in [0.25, 0.3) is 0 Å². The summed E-state index contributed by atoms with van der Waals surface area (Å²) in [5.74, 6) is -2.56. The Balaban J connectivity index is 0.000000440. The average molecular weight is 481 g/mol. The van der Waals surface area contributed by atoms with E-state index in [1.807, 2.05) is 84.9 Å². The summed E-state index contributed by atoms with van der Waals surface area (Å²) in [5, 5.41) is 22.7. The second-order valence-electron chi connectivity index (χ2n) is 7.06. The zero-order valence-electron chi connectivity index (χ0n) is 18.2. The van der Waals surface area contributed by atoms with Crippen LogP contribution >= 0.6 is 11.6 Å². The van der Waals surface area contributed by atoms with E-state index in [1.54, 1.807) is 0 Å². The van der Waals surface area contributed by atoms with Crippen molar-refractivity contribution in [1.29, 1.82) is 0 Å². The topological polar surface area (TPSA) is 116 Å². The zero-order chi connectivity index (χ0) is 24.8. The summed E-state index contributed by atoms with van der Waals surface area (Å²) in [7, 11) is 0. The first-order valence-electron chi connectivity index (χ1n) is 10.3. The van der Waals surface area contributed by atoms with E-state index in [0.29, 0.717) is 30.3 Å². The maximum atomic E-state index is 12.8. The van der Waals surface area contributed by atoms with Gasteiger partial charge in [0, 0.05) is 30.3 Å². The molecule has 0 aliphatic rings. The third kappa shape index (κ3) is 10.1. The first kappa shape index (κ1) is 26.3. The van der Waals surface area contributed by atoms with Crippen LogP contribution in [-0.2, 0) is 27.5 Å². The molecule has 1 unspecified atom stereocenters. The van der Waals surface area contributed by atoms with Crippen molar-refractivity contribution in [3.63, 3.8) is 0 Å². The van der Waals surface area contributed by atoms with E-state index in [1.165, 1.54) is 0 Å². The highest BCUT2D eigenvalue weighted by Crippen LogP contribution is 2.15. The van der Waals surface area contributed by atoms with Gasteiger partial charge in [-0.05, 0) is 28.8 Å². The summed E-state index contributed by atoms with van der Waals surface area (Å²) >= 11 is 5.94. The lowest BCUT2D eigenvalue weighted by Gasteiger charge is -2.19. The molecule has 3 aromatic rings. The Morgan fingerprint density at radius 3 is 1.76 bits per heavy atom. The molecular formula is C26H25ClN2O5. The van der Waals surface area contributed by atoms with Crippen molar-refractivity contribution in [2.45, 2.75) is 19.1 Å². The van der Waals surface area contributed by atoms with Crippen molar-refractivity contribution >= 4 is 29.4 Å². The van der Waals surface area contributed by atoms with Gasteiger partial charge in [-0.15, -0.1) is 0 Å². The number of hydrogen-bond acceptors (Lipinski definition) is 4. The standard InChI is InChI=1S/C22H21ClN2O.C4H4O4/c23-20-13-11-18(12-14-20)15-24-21(19-9-5-2-6-10-19)22(26)25-16-17-7-3-1-4-8-17;5-3(6)1-2-4(7)8/h1-14,21,24H,15-16H2,(H,25,26);1-2H,(H,5,6)(H,7,8). The van der Waals surface area contributed by atoms with Crippen molar-refractivity contribution in [1.82, 2.24) is 10.6 Å². The van der Waals surface area contributed by atoms with Crippen LogP contribution in [-0.4, -0.2) is 28.1 Å². The number of benzene rings is 3. The molecule has 0 bridgehead atoms. The molecule has 0 aromatic heterocycles. The third-order valence-electron chi connectivity index (χ3n) is 4.50. The van der Waals surface area contributed by atoms with Crippen molar-refractivity contribution in [2.24, 2.45) is 0 Å². The summed E-state index contributed by atoms with van der Waals surface area (Å²) in [6.07, 6.45) is 1.12. The molecule has 0 radical (unpaired) electrons. The third-order valence-corrected chi connectivity index (χ3v) is 4.75. The molecule has 7 nitrogen and oxygen atoms in total. The summed E-state index contributed by atoms with van der Waals surface area (Å²) < 4.78 is 0. The van der Waals surface area contributed by atoms with Gasteiger partial charge in [0.1, 0.15) is 6.04 Å². The molecule has 3 rings (SSSR count). The fourth-order valence-corrected chi connectivity index (χ4v) is 2.99. The number of carbonyl (C=O) groups is 3. The Morgan fingerprint density at radius 1 is 0.735 bits per heavy atom. The van der Waals surface area contributed by atoms with Gasteiger partial charge >= 0.3 is 11.9 Å². The molecule has 0 aliphatic heterocycles. The van der Waals surface area contributed by atoms with Crippen LogP contribution in [0, 0.1) is 0 Å². The number of halogens is 1. The molecule has 3 aromatic carbocycles. The largest absolute Gasteiger partial charge is 0.478 e. The average Bonchev–Trinajstić information content (AvgIpc) is 2.84. The van der Waals surface area contributed by atoms with E-state index in [-0.39, 0.29) is 5.91 Å². The molecule has 0 saturated carbocycles. The van der Waals surface area contributed by atoms with Gasteiger partial charge in [-0.25, -0.2) is 9.59 Å². The number of carbonyl (C=O) groups excluding carboxylic acids is 1. The van der Waals surface area contributed by atoms with Gasteiger partial charge in [0.05, 0.1) is 0 Å². The quantitative estimate of drug-likeness (QED) is 0.341. The minimum Gasteiger partial charge on any atom is -0.478 e.